The lowest BCUT2D eigenvalue weighted by atomic mass is 10.1. The third-order valence-electron chi connectivity index (χ3n) is 4.60. The normalized spacial score (nSPS) is 10.9. The lowest BCUT2D eigenvalue weighted by molar-refractivity contribution is 0.102. The summed E-state index contributed by atoms with van der Waals surface area (Å²) in [5.41, 5.74) is 7.63. The van der Waals surface area contributed by atoms with Gasteiger partial charge in [-0.2, -0.15) is 0 Å². The van der Waals surface area contributed by atoms with Gasteiger partial charge in [-0.15, -0.1) is 0 Å². The molecule has 2 aromatic carbocycles. The van der Waals surface area contributed by atoms with Crippen LogP contribution in [-0.4, -0.2) is 15.3 Å². The van der Waals surface area contributed by atoms with Crippen LogP contribution in [0.25, 0.3) is 16.9 Å². The molecule has 0 saturated carbocycles. The first kappa shape index (κ1) is 17.0. The predicted molar refractivity (Wildman–Crippen MR) is 109 cm³/mol. The van der Waals surface area contributed by atoms with E-state index >= 15 is 0 Å². The number of carbonyl (C=O) groups is 1. The predicted octanol–water partition coefficient (Wildman–Crippen LogP) is 5.18. The zero-order chi connectivity index (χ0) is 19.0. The molecule has 4 rings (SSSR count). The fourth-order valence-corrected chi connectivity index (χ4v) is 3.33. The van der Waals surface area contributed by atoms with Crippen molar-refractivity contribution in [1.29, 1.82) is 0 Å². The third kappa shape index (κ3) is 3.47. The van der Waals surface area contributed by atoms with Crippen molar-refractivity contribution in [2.24, 2.45) is 0 Å². The molecule has 0 aliphatic carbocycles. The number of hydrogen-bond acceptors (Lipinski definition) is 2. The van der Waals surface area contributed by atoms with E-state index in [0.29, 0.717) is 5.56 Å². The molecule has 0 atom stereocenters. The van der Waals surface area contributed by atoms with E-state index in [4.69, 9.17) is 4.98 Å². The maximum absolute atomic E-state index is 12.5. The van der Waals surface area contributed by atoms with Gasteiger partial charge in [0.05, 0.1) is 5.69 Å². The summed E-state index contributed by atoms with van der Waals surface area (Å²) >= 11 is 0. The maximum Gasteiger partial charge on any atom is 0.255 e. The number of carbonyl (C=O) groups excluding carboxylic acids is 1. The Morgan fingerprint density at radius 2 is 1.67 bits per heavy atom. The van der Waals surface area contributed by atoms with Crippen molar-refractivity contribution in [1.82, 2.24) is 9.38 Å². The average molecular weight is 355 g/mol. The van der Waals surface area contributed by atoms with E-state index in [0.717, 1.165) is 39.3 Å². The highest BCUT2D eigenvalue weighted by molar-refractivity contribution is 6.04. The van der Waals surface area contributed by atoms with Crippen LogP contribution >= 0.6 is 0 Å². The standard InChI is InChI=1S/C23H21N3O/c1-15-11-16(2)13-19(12-15)23(27)24-20-8-6-18(7-9-20)21-14-26-10-4-5-17(3)22(26)25-21/h4-14H,1-3H3,(H,24,27). The highest BCUT2D eigenvalue weighted by Gasteiger charge is 2.09. The summed E-state index contributed by atoms with van der Waals surface area (Å²) in [5, 5.41) is 2.96. The van der Waals surface area contributed by atoms with Crippen LogP contribution in [0.5, 0.6) is 0 Å². The van der Waals surface area contributed by atoms with Gasteiger partial charge in [0.2, 0.25) is 0 Å². The topological polar surface area (TPSA) is 46.4 Å². The molecule has 2 heterocycles. The number of amides is 1. The van der Waals surface area contributed by atoms with Gasteiger partial charge in [0, 0.05) is 29.2 Å². The number of pyridine rings is 1. The molecule has 0 fully saturated rings. The molecule has 0 radical (unpaired) electrons. The molecule has 1 amide bonds. The lowest BCUT2D eigenvalue weighted by Gasteiger charge is -2.08. The van der Waals surface area contributed by atoms with Crippen LogP contribution in [0.1, 0.15) is 27.0 Å². The van der Waals surface area contributed by atoms with Gasteiger partial charge >= 0.3 is 0 Å². The van der Waals surface area contributed by atoms with Crippen LogP contribution in [0.4, 0.5) is 5.69 Å². The Kier molecular flexibility index (Phi) is 4.24. The maximum atomic E-state index is 12.5. The van der Waals surface area contributed by atoms with Crippen molar-refractivity contribution < 1.29 is 4.79 Å². The fourth-order valence-electron chi connectivity index (χ4n) is 3.33. The van der Waals surface area contributed by atoms with Crippen LogP contribution in [0.3, 0.4) is 0 Å². The largest absolute Gasteiger partial charge is 0.322 e. The Bertz CT molecular complexity index is 1120. The minimum absolute atomic E-state index is 0.0992. The second kappa shape index (κ2) is 6.72. The number of aromatic nitrogens is 2. The quantitative estimate of drug-likeness (QED) is 0.550. The second-order valence-electron chi connectivity index (χ2n) is 6.96. The number of benzene rings is 2. The van der Waals surface area contributed by atoms with Crippen LogP contribution in [0.2, 0.25) is 0 Å². The van der Waals surface area contributed by atoms with Gasteiger partial charge in [-0.3, -0.25) is 4.79 Å². The van der Waals surface area contributed by atoms with Gasteiger partial charge in [-0.25, -0.2) is 4.98 Å². The van der Waals surface area contributed by atoms with E-state index in [2.05, 4.69) is 24.4 Å². The minimum Gasteiger partial charge on any atom is -0.322 e. The SMILES string of the molecule is Cc1cc(C)cc(C(=O)Nc2ccc(-c3cn4cccc(C)c4n3)cc2)c1. The Morgan fingerprint density at radius 3 is 2.33 bits per heavy atom. The van der Waals surface area contributed by atoms with Crippen molar-refractivity contribution in [3.63, 3.8) is 0 Å². The van der Waals surface area contributed by atoms with E-state index < -0.39 is 0 Å². The number of imidazole rings is 1. The molecular weight excluding hydrogens is 334 g/mol. The van der Waals surface area contributed by atoms with E-state index in [1.165, 1.54) is 0 Å². The first-order chi connectivity index (χ1) is 13.0. The summed E-state index contributed by atoms with van der Waals surface area (Å²) in [6, 6.07) is 17.7. The molecular formula is C23H21N3O. The second-order valence-corrected chi connectivity index (χ2v) is 6.96. The summed E-state index contributed by atoms with van der Waals surface area (Å²) < 4.78 is 2.03. The van der Waals surface area contributed by atoms with E-state index in [1.54, 1.807) is 0 Å². The molecule has 0 aliphatic heterocycles. The van der Waals surface area contributed by atoms with Crippen LogP contribution in [-0.2, 0) is 0 Å². The third-order valence-corrected chi connectivity index (χ3v) is 4.60. The van der Waals surface area contributed by atoms with Crippen molar-refractivity contribution in [2.75, 3.05) is 5.32 Å². The Labute approximate surface area is 158 Å². The molecule has 27 heavy (non-hydrogen) atoms. The molecule has 0 spiro atoms. The first-order valence-electron chi connectivity index (χ1n) is 8.94. The molecule has 0 saturated heterocycles. The summed E-state index contributed by atoms with van der Waals surface area (Å²) in [6.45, 7) is 6.04. The van der Waals surface area contributed by atoms with Crippen LogP contribution < -0.4 is 5.32 Å². The van der Waals surface area contributed by atoms with Gasteiger partial charge < -0.3 is 9.72 Å². The number of anilines is 1. The number of rotatable bonds is 3. The Hall–Kier alpha value is -3.40. The molecule has 0 aliphatic rings. The molecule has 2 aromatic heterocycles. The van der Waals surface area contributed by atoms with Gasteiger partial charge in [-0.1, -0.05) is 35.4 Å². The van der Waals surface area contributed by atoms with Crippen molar-refractivity contribution in [3.8, 4) is 11.3 Å². The highest BCUT2D eigenvalue weighted by Crippen LogP contribution is 2.23. The Morgan fingerprint density at radius 1 is 0.963 bits per heavy atom. The molecule has 4 heteroatoms. The minimum atomic E-state index is -0.0992. The molecule has 0 unspecified atom stereocenters. The van der Waals surface area contributed by atoms with Gasteiger partial charge in [-0.05, 0) is 56.7 Å². The van der Waals surface area contributed by atoms with E-state index in [9.17, 15) is 4.79 Å². The average Bonchev–Trinajstić information content (AvgIpc) is 3.07. The summed E-state index contributed by atoms with van der Waals surface area (Å²) in [5.74, 6) is -0.0992. The lowest BCUT2D eigenvalue weighted by Crippen LogP contribution is -2.12. The van der Waals surface area contributed by atoms with Gasteiger partial charge in [0.25, 0.3) is 5.91 Å². The van der Waals surface area contributed by atoms with Crippen molar-refractivity contribution in [3.05, 3.63) is 89.2 Å². The molecule has 134 valence electrons. The number of hydrogen-bond donors (Lipinski definition) is 1. The number of nitrogens with one attached hydrogen (secondary N) is 1. The van der Waals surface area contributed by atoms with Crippen molar-refractivity contribution >= 4 is 17.2 Å². The van der Waals surface area contributed by atoms with Crippen LogP contribution in [0, 0.1) is 20.8 Å². The van der Waals surface area contributed by atoms with E-state index in [-0.39, 0.29) is 5.91 Å². The Balaban J connectivity index is 1.56. The zero-order valence-electron chi connectivity index (χ0n) is 15.7. The van der Waals surface area contributed by atoms with Gasteiger partial charge in [0.1, 0.15) is 5.65 Å². The number of nitrogens with zero attached hydrogens (tertiary/aromatic N) is 2. The van der Waals surface area contributed by atoms with Gasteiger partial charge in [0.15, 0.2) is 0 Å². The van der Waals surface area contributed by atoms with Crippen LogP contribution in [0.15, 0.2) is 67.0 Å². The van der Waals surface area contributed by atoms with E-state index in [1.807, 2.05) is 73.1 Å². The molecule has 4 nitrogen and oxygen atoms in total. The number of fused-ring (bicyclic) bond motifs is 1. The fraction of sp³-hybridized carbons (Fsp3) is 0.130. The number of aryl methyl sites for hydroxylation is 3. The monoisotopic (exact) mass is 355 g/mol. The molecule has 4 aromatic rings. The first-order valence-corrected chi connectivity index (χ1v) is 8.94. The van der Waals surface area contributed by atoms with Crippen molar-refractivity contribution in [2.45, 2.75) is 20.8 Å². The zero-order valence-corrected chi connectivity index (χ0v) is 15.7. The summed E-state index contributed by atoms with van der Waals surface area (Å²) in [6.07, 6.45) is 4.02. The molecule has 0 bridgehead atoms. The summed E-state index contributed by atoms with van der Waals surface area (Å²) in [4.78, 5) is 17.2. The smallest absolute Gasteiger partial charge is 0.255 e. The highest BCUT2D eigenvalue weighted by atomic mass is 16.1. The summed E-state index contributed by atoms with van der Waals surface area (Å²) in [7, 11) is 0. The molecule has 1 N–H and O–H groups in total.